The van der Waals surface area contributed by atoms with Crippen molar-refractivity contribution in [1.82, 2.24) is 33.9 Å². The van der Waals surface area contributed by atoms with Gasteiger partial charge in [0.1, 0.15) is 18.3 Å². The Hall–Kier alpha value is -7.56. The molecule has 0 fully saturated rings. The van der Waals surface area contributed by atoms with E-state index in [9.17, 15) is 77.8 Å². The van der Waals surface area contributed by atoms with E-state index >= 15 is 0 Å². The molecule has 3 heterocycles. The first-order valence-electron chi connectivity index (χ1n) is 32.0. The number of halogens is 1. The monoisotopic (exact) mass is 1690 g/mol. The van der Waals surface area contributed by atoms with Crippen molar-refractivity contribution in [1.29, 1.82) is 0 Å². The summed E-state index contributed by atoms with van der Waals surface area (Å²) in [6.45, 7) is 49.3. The Morgan fingerprint density at radius 2 is 1.03 bits per heavy atom. The fourth-order valence-corrected chi connectivity index (χ4v) is 9.29. The van der Waals surface area contributed by atoms with Crippen LogP contribution in [0.4, 0.5) is 0 Å². The Morgan fingerprint density at radius 3 is 1.34 bits per heavy atom. The standard InChI is InChI=1S/C14H26N2O3Si.C13H23BN2O3Si.C8H19NO2Si.C7H7BN2O3.C6H10ClNO3.C6H9NO5.C4H7NO4.C4H6O3.CH4.CH3.Pd/c1-8-18-13(17)12-10(2)15-11(16-12)9-19-20(6,7)14(3,4)5;1-9-11(12(17)18)15-10(16(9)8-14)7-19-20(5,6)13(2,3)4;1-8(2,3)12(4,5)11-6-7(9)10;1-4-6(7(12)13)9-5(2-11)10(4)3-8;1-3-11-6(10)5(8-7)4(2)9;1-3-12-6(9)5(4(2)8)7(10)11;1-2-9-4(6)3-5(7)8;1-3(5)7-4(2)6;;;/h8-9H2,1-7H3,(H,15,16);7-8H2,1-6H3,(H,17,18);6H2,1-5H3,(H2,9,10);2H,3H2,1H3,(H,12,13);5,8H,3H2,1-2H3;5H,3H2,1-2H3;2-3H2,1H3;1-2H3;1H4;1H3;/q;;;;;;;;;-1;. The average Bonchev–Trinajstić information content (AvgIpc) is 1.73. The second-order valence-corrected chi connectivity index (χ2v) is 40.8. The molecule has 4 radical (unpaired) electrons. The zero-order valence-corrected chi connectivity index (χ0v) is 71.4. The number of nitrogens with zero attached hydrogens (tertiary/aromatic N) is 7. The first-order valence-corrected chi connectivity index (χ1v) is 41.1. The van der Waals surface area contributed by atoms with Gasteiger partial charge in [0.25, 0.3) is 6.54 Å². The van der Waals surface area contributed by atoms with E-state index in [0.717, 1.165) is 12.6 Å². The molecule has 107 heavy (non-hydrogen) atoms. The number of amides is 1. The van der Waals surface area contributed by atoms with Gasteiger partial charge < -0.3 is 74.5 Å². The zero-order chi connectivity index (χ0) is 83.0. The number of carboxylic acids is 2. The fraction of sp³-hybridized carbons (Fsp3) is 0.656. The van der Waals surface area contributed by atoms with Crippen molar-refractivity contribution < 1.29 is 135 Å². The predicted octanol–water partition coefficient (Wildman–Crippen LogP) is 8.32. The number of Topliss-reactive ketones (excluding diaryl/α,β-unsaturated/α-hetero) is 2. The second-order valence-electron chi connectivity index (χ2n) is 26.1. The van der Waals surface area contributed by atoms with Crippen LogP contribution in [0.2, 0.25) is 54.4 Å². The molecule has 0 spiro atoms. The van der Waals surface area contributed by atoms with Crippen molar-refractivity contribution in [2.45, 2.75) is 238 Å². The Labute approximate surface area is 652 Å². The summed E-state index contributed by atoms with van der Waals surface area (Å²) in [5.41, 5.74) is 6.93. The number of esters is 6. The number of carbonyl (C=O) groups is 12. The van der Waals surface area contributed by atoms with Gasteiger partial charge in [0, 0.05) is 68.1 Å². The number of carboxylic acid groups (broad SMARTS) is 2. The number of ether oxygens (including phenoxy) is 5. The number of aromatic nitrogens is 6. The number of carbonyl (C=O) groups excluding carboxylic acids is 10. The molecule has 0 aromatic carbocycles. The van der Waals surface area contributed by atoms with Crippen LogP contribution in [0, 0.1) is 48.4 Å². The SMILES string of the molecule is C.CC(=O)OC(C)=O.CC(C)(C)[Si](C)(C)OCC(N)=O.CCOC(=O)C(C(C)=O)[N+](=O)[O-].CCOC(=O)C(NCl)C(C)=O.CCOC(=O)C[N+](=O)[O-].CCOC(=O)c1nc(CO[Si](C)(C)C(C)(C)C)[nH]c1C.[B]Cn1c(C=O)nc(C(=O)O)c1C.[B]Cn1c(CO[Si](C)(C)C(C)(C)C)nc(C(=O)O)c1C.[CH3-].[Pd]. The quantitative estimate of drug-likeness (QED) is 0.00551. The number of hydrogen-bond acceptors (Lipinski definition) is 28. The number of H-pyrrole nitrogens is 1. The molecule has 43 heteroatoms. The molecule has 2 atom stereocenters. The summed E-state index contributed by atoms with van der Waals surface area (Å²) in [5, 5.41) is 37.9. The van der Waals surface area contributed by atoms with Crippen LogP contribution in [0.25, 0.3) is 0 Å². The Morgan fingerprint density at radius 1 is 0.636 bits per heavy atom. The molecule has 3 aromatic rings. The third-order valence-corrected chi connectivity index (χ3v) is 28.6. The molecular weight excluding hydrogens is 1570 g/mol. The average molecular weight is 1690 g/mol. The number of aromatic amines is 1. The molecule has 3 aromatic heterocycles. The van der Waals surface area contributed by atoms with E-state index in [2.05, 4.69) is 140 Å². The zero-order valence-electron chi connectivity index (χ0n) is 66.1. The van der Waals surface area contributed by atoms with Gasteiger partial charge in [-0.1, -0.05) is 69.7 Å². The van der Waals surface area contributed by atoms with Crippen molar-refractivity contribution in [3.05, 3.63) is 79.3 Å². The molecule has 0 aliphatic heterocycles. The van der Waals surface area contributed by atoms with Gasteiger partial charge in [0.15, 0.2) is 66.0 Å². The fourth-order valence-electron chi connectivity index (χ4n) is 6.26. The number of aromatic carboxylic acids is 2. The number of rotatable bonds is 27. The first kappa shape index (κ1) is 115. The third kappa shape index (κ3) is 45.8. The van der Waals surface area contributed by atoms with Crippen LogP contribution in [0.15, 0.2) is 0 Å². The largest absolute Gasteiger partial charge is 0.476 e. The van der Waals surface area contributed by atoms with Crippen LogP contribution in [0.1, 0.15) is 196 Å². The van der Waals surface area contributed by atoms with Crippen molar-refractivity contribution in [3.8, 4) is 0 Å². The Bertz CT molecular complexity index is 3320. The number of nitro groups is 2. The molecule has 0 saturated carbocycles. The normalized spacial score (nSPS) is 11.2. The number of hydrogen-bond donors (Lipinski definition) is 5. The van der Waals surface area contributed by atoms with Gasteiger partial charge >= 0.3 is 53.8 Å². The van der Waals surface area contributed by atoms with Gasteiger partial charge in [0.2, 0.25) is 11.7 Å². The maximum absolute atomic E-state index is 11.7. The third-order valence-electron chi connectivity index (χ3n) is 14.9. The minimum absolute atomic E-state index is 0. The predicted molar refractivity (Wildman–Crippen MR) is 403 cm³/mol. The van der Waals surface area contributed by atoms with Crippen molar-refractivity contribution in [2.24, 2.45) is 5.73 Å². The second kappa shape index (κ2) is 54.9. The number of aldehydes is 1. The topological polar surface area (TPSA) is 508 Å². The number of aryl methyl sites for hydroxylation is 1. The summed E-state index contributed by atoms with van der Waals surface area (Å²) in [6.07, 6.45) is 0.717. The number of ketones is 2. The molecule has 36 nitrogen and oxygen atoms in total. The summed E-state index contributed by atoms with van der Waals surface area (Å²) in [6, 6.07) is -2.92. The van der Waals surface area contributed by atoms with Gasteiger partial charge in [-0.2, -0.15) is 0 Å². The maximum Gasteiger partial charge on any atom is 0.389 e. The van der Waals surface area contributed by atoms with Crippen LogP contribution >= 0.6 is 11.8 Å². The molecule has 3 rings (SSSR count). The summed E-state index contributed by atoms with van der Waals surface area (Å²) in [5.74, 6) is -6.53. The van der Waals surface area contributed by atoms with E-state index in [4.69, 9.17) is 61.4 Å². The minimum atomic E-state index is -1.90. The number of imidazole rings is 3. The van der Waals surface area contributed by atoms with Crippen LogP contribution in [0.3, 0.4) is 0 Å². The Balaban J connectivity index is -0.000000177. The number of primary amides is 1. The molecule has 0 bridgehead atoms. The Kier molecular flexibility index (Phi) is 59.2. The summed E-state index contributed by atoms with van der Waals surface area (Å²) in [7, 11) is 5.50. The van der Waals surface area contributed by atoms with E-state index in [1.165, 1.54) is 32.3 Å². The van der Waals surface area contributed by atoms with Gasteiger partial charge in [-0.05, 0) is 134 Å². The van der Waals surface area contributed by atoms with E-state index < -0.39 is 101 Å². The van der Waals surface area contributed by atoms with E-state index in [1.807, 2.05) is 11.8 Å². The molecule has 0 aliphatic rings. The van der Waals surface area contributed by atoms with Crippen LogP contribution in [0.5, 0.6) is 0 Å². The van der Waals surface area contributed by atoms with Gasteiger partial charge in [-0.15, -0.1) is 0 Å². The molecule has 0 saturated heterocycles. The number of nitrogens with two attached hydrogens (primary N) is 1. The summed E-state index contributed by atoms with van der Waals surface area (Å²) in [4.78, 5) is 162. The van der Waals surface area contributed by atoms with E-state index in [0.29, 0.717) is 54.8 Å². The molecule has 2 unspecified atom stereocenters. The first-order chi connectivity index (χ1) is 47.3. The van der Waals surface area contributed by atoms with E-state index in [1.54, 1.807) is 39.2 Å². The van der Waals surface area contributed by atoms with Crippen LogP contribution < -0.4 is 10.6 Å². The van der Waals surface area contributed by atoms with Crippen molar-refractivity contribution >= 4 is 124 Å². The van der Waals surface area contributed by atoms with Crippen LogP contribution in [-0.4, -0.2) is 213 Å². The maximum atomic E-state index is 11.7. The van der Waals surface area contributed by atoms with Crippen molar-refractivity contribution in [2.75, 3.05) is 39.6 Å². The molecule has 0 aliphatic carbocycles. The van der Waals surface area contributed by atoms with Crippen molar-refractivity contribution in [3.63, 3.8) is 0 Å². The van der Waals surface area contributed by atoms with Crippen LogP contribution in [-0.2, 0) is 122 Å². The van der Waals surface area contributed by atoms with Gasteiger partial charge in [0.05, 0.1) is 55.3 Å². The molecule has 612 valence electrons. The minimum Gasteiger partial charge on any atom is -0.476 e. The van der Waals surface area contributed by atoms with Gasteiger partial charge in [-0.25, -0.2) is 48.6 Å². The smallest absolute Gasteiger partial charge is 0.389 e. The molecule has 6 N–H and O–H groups in total. The summed E-state index contributed by atoms with van der Waals surface area (Å²) >= 11 is 5.12. The molecular formula is C64H114B2ClN10O26PdSi3-. The molecule has 1 amide bonds. The number of nitrogens with one attached hydrogen (secondary N) is 2. The van der Waals surface area contributed by atoms with E-state index in [-0.39, 0.29) is 125 Å². The summed E-state index contributed by atoms with van der Waals surface area (Å²) < 4.78 is 42.8. The van der Waals surface area contributed by atoms with Gasteiger partial charge in [-0.3, -0.25) is 49.0 Å².